The third kappa shape index (κ3) is 3.72. The summed E-state index contributed by atoms with van der Waals surface area (Å²) in [5.74, 6) is 0. The standard InChI is InChI=1S/C16H23N3O/c1-12(2)18-11-13-3-4-16(14(9-13)10-17)19-7-5-15(20)6-8-19/h3-4,9,12,15,18,20H,5-8,11H2,1-2H3. The van der Waals surface area contributed by atoms with Crippen LogP contribution in [0.25, 0.3) is 0 Å². The maximum absolute atomic E-state index is 9.57. The number of aliphatic hydroxyl groups is 1. The lowest BCUT2D eigenvalue weighted by atomic mass is 10.0. The Balaban J connectivity index is 2.12. The minimum Gasteiger partial charge on any atom is -0.393 e. The molecule has 0 spiro atoms. The monoisotopic (exact) mass is 273 g/mol. The average molecular weight is 273 g/mol. The van der Waals surface area contributed by atoms with E-state index in [-0.39, 0.29) is 6.10 Å². The lowest BCUT2D eigenvalue weighted by Gasteiger charge is -2.32. The number of piperidine rings is 1. The van der Waals surface area contributed by atoms with Crippen LogP contribution < -0.4 is 10.2 Å². The molecule has 1 fully saturated rings. The molecule has 4 heteroatoms. The molecule has 2 N–H and O–H groups in total. The molecule has 20 heavy (non-hydrogen) atoms. The molecular formula is C16H23N3O. The van der Waals surface area contributed by atoms with Gasteiger partial charge in [0.05, 0.1) is 17.4 Å². The molecule has 0 radical (unpaired) electrons. The highest BCUT2D eigenvalue weighted by atomic mass is 16.3. The summed E-state index contributed by atoms with van der Waals surface area (Å²) in [6.07, 6.45) is 1.37. The van der Waals surface area contributed by atoms with Crippen LogP contribution in [0, 0.1) is 11.3 Å². The van der Waals surface area contributed by atoms with E-state index in [0.29, 0.717) is 6.04 Å². The molecule has 0 atom stereocenters. The van der Waals surface area contributed by atoms with Gasteiger partial charge in [-0.1, -0.05) is 19.9 Å². The molecule has 0 amide bonds. The lowest BCUT2D eigenvalue weighted by molar-refractivity contribution is 0.145. The number of rotatable bonds is 4. The largest absolute Gasteiger partial charge is 0.393 e. The van der Waals surface area contributed by atoms with Gasteiger partial charge in [-0.05, 0) is 30.5 Å². The number of hydrogen-bond acceptors (Lipinski definition) is 4. The van der Waals surface area contributed by atoms with Crippen molar-refractivity contribution in [1.29, 1.82) is 5.26 Å². The summed E-state index contributed by atoms with van der Waals surface area (Å²) >= 11 is 0. The van der Waals surface area contributed by atoms with Crippen LogP contribution in [0.15, 0.2) is 18.2 Å². The summed E-state index contributed by atoms with van der Waals surface area (Å²) in [5.41, 5.74) is 2.85. The second-order valence-electron chi connectivity index (χ2n) is 5.72. The first-order valence-electron chi connectivity index (χ1n) is 7.29. The van der Waals surface area contributed by atoms with E-state index in [1.807, 2.05) is 12.1 Å². The van der Waals surface area contributed by atoms with Crippen molar-refractivity contribution in [3.63, 3.8) is 0 Å². The van der Waals surface area contributed by atoms with Gasteiger partial charge in [-0.15, -0.1) is 0 Å². The molecule has 0 unspecified atom stereocenters. The zero-order chi connectivity index (χ0) is 14.5. The van der Waals surface area contributed by atoms with Gasteiger partial charge in [0.15, 0.2) is 0 Å². The molecular weight excluding hydrogens is 250 g/mol. The number of nitriles is 1. The quantitative estimate of drug-likeness (QED) is 0.881. The van der Waals surface area contributed by atoms with E-state index < -0.39 is 0 Å². The van der Waals surface area contributed by atoms with Gasteiger partial charge in [0.2, 0.25) is 0 Å². The topological polar surface area (TPSA) is 59.3 Å². The predicted octanol–water partition coefficient (Wildman–Crippen LogP) is 2.02. The van der Waals surface area contributed by atoms with Gasteiger partial charge in [-0.3, -0.25) is 0 Å². The van der Waals surface area contributed by atoms with E-state index in [0.717, 1.165) is 49.3 Å². The normalized spacial score (nSPS) is 16.4. The second kappa shape index (κ2) is 6.74. The Hall–Kier alpha value is -1.57. The molecule has 1 heterocycles. The minimum absolute atomic E-state index is 0.189. The van der Waals surface area contributed by atoms with Crippen molar-refractivity contribution in [3.05, 3.63) is 29.3 Å². The average Bonchev–Trinajstić information content (AvgIpc) is 2.45. The molecule has 4 nitrogen and oxygen atoms in total. The van der Waals surface area contributed by atoms with Crippen LogP contribution in [0.1, 0.15) is 37.8 Å². The van der Waals surface area contributed by atoms with Crippen LogP contribution in [0.2, 0.25) is 0 Å². The van der Waals surface area contributed by atoms with Gasteiger partial charge in [0.1, 0.15) is 6.07 Å². The number of nitrogens with one attached hydrogen (secondary N) is 1. The van der Waals surface area contributed by atoms with Crippen molar-refractivity contribution in [2.24, 2.45) is 0 Å². The van der Waals surface area contributed by atoms with Gasteiger partial charge in [0, 0.05) is 25.7 Å². The third-order valence-corrected chi connectivity index (χ3v) is 3.70. The molecule has 1 aliphatic heterocycles. The highest BCUT2D eigenvalue weighted by molar-refractivity contribution is 5.60. The van der Waals surface area contributed by atoms with Crippen molar-refractivity contribution in [2.45, 2.75) is 45.4 Å². The Morgan fingerprint density at radius 1 is 1.40 bits per heavy atom. The first-order valence-corrected chi connectivity index (χ1v) is 7.29. The van der Waals surface area contributed by atoms with Crippen molar-refractivity contribution >= 4 is 5.69 Å². The summed E-state index contributed by atoms with van der Waals surface area (Å²) in [5, 5.41) is 22.3. The van der Waals surface area contributed by atoms with E-state index >= 15 is 0 Å². The molecule has 1 aromatic rings. The zero-order valence-corrected chi connectivity index (χ0v) is 12.3. The zero-order valence-electron chi connectivity index (χ0n) is 12.3. The second-order valence-corrected chi connectivity index (χ2v) is 5.72. The summed E-state index contributed by atoms with van der Waals surface area (Å²) in [6.45, 7) is 6.64. The summed E-state index contributed by atoms with van der Waals surface area (Å²) < 4.78 is 0. The smallest absolute Gasteiger partial charge is 0.101 e. The third-order valence-electron chi connectivity index (χ3n) is 3.70. The number of nitrogens with zero attached hydrogens (tertiary/aromatic N) is 2. The van der Waals surface area contributed by atoms with Crippen LogP contribution in [0.5, 0.6) is 0 Å². The molecule has 1 aliphatic rings. The highest BCUT2D eigenvalue weighted by Gasteiger charge is 2.19. The Labute approximate surface area is 121 Å². The first-order chi connectivity index (χ1) is 9.60. The predicted molar refractivity (Wildman–Crippen MR) is 80.6 cm³/mol. The molecule has 2 rings (SSSR count). The van der Waals surface area contributed by atoms with Crippen LogP contribution in [0.4, 0.5) is 5.69 Å². The Morgan fingerprint density at radius 3 is 2.70 bits per heavy atom. The molecule has 0 saturated carbocycles. The van der Waals surface area contributed by atoms with E-state index in [9.17, 15) is 10.4 Å². The fraction of sp³-hybridized carbons (Fsp3) is 0.562. The van der Waals surface area contributed by atoms with E-state index in [2.05, 4.69) is 36.2 Å². The van der Waals surface area contributed by atoms with Gasteiger partial charge in [0.25, 0.3) is 0 Å². The molecule has 1 saturated heterocycles. The van der Waals surface area contributed by atoms with Crippen LogP contribution in [0.3, 0.4) is 0 Å². The van der Waals surface area contributed by atoms with Gasteiger partial charge in [-0.25, -0.2) is 0 Å². The van der Waals surface area contributed by atoms with Crippen molar-refractivity contribution in [3.8, 4) is 6.07 Å². The van der Waals surface area contributed by atoms with Gasteiger partial charge >= 0.3 is 0 Å². The van der Waals surface area contributed by atoms with Gasteiger partial charge in [-0.2, -0.15) is 5.26 Å². The summed E-state index contributed by atoms with van der Waals surface area (Å²) in [6, 6.07) is 8.82. The number of anilines is 1. The van der Waals surface area contributed by atoms with Crippen molar-refractivity contribution in [2.75, 3.05) is 18.0 Å². The maximum Gasteiger partial charge on any atom is 0.101 e. The van der Waals surface area contributed by atoms with Crippen molar-refractivity contribution in [1.82, 2.24) is 5.32 Å². The minimum atomic E-state index is -0.189. The first kappa shape index (κ1) is 14.8. The van der Waals surface area contributed by atoms with E-state index in [1.165, 1.54) is 0 Å². The van der Waals surface area contributed by atoms with Crippen LogP contribution in [-0.4, -0.2) is 30.3 Å². The Kier molecular flexibility index (Phi) is 4.99. The van der Waals surface area contributed by atoms with E-state index in [1.54, 1.807) is 0 Å². The number of benzene rings is 1. The molecule has 0 aliphatic carbocycles. The molecule has 1 aromatic carbocycles. The molecule has 108 valence electrons. The Morgan fingerprint density at radius 2 is 2.10 bits per heavy atom. The van der Waals surface area contributed by atoms with Crippen LogP contribution >= 0.6 is 0 Å². The SMILES string of the molecule is CC(C)NCc1ccc(N2CCC(O)CC2)c(C#N)c1. The molecule has 0 bridgehead atoms. The van der Waals surface area contributed by atoms with Crippen LogP contribution in [-0.2, 0) is 6.54 Å². The maximum atomic E-state index is 9.57. The lowest BCUT2D eigenvalue weighted by Crippen LogP contribution is -2.36. The Bertz CT molecular complexity index is 485. The van der Waals surface area contributed by atoms with E-state index in [4.69, 9.17) is 0 Å². The molecule has 0 aromatic heterocycles. The highest BCUT2D eigenvalue weighted by Crippen LogP contribution is 2.25. The number of aliphatic hydroxyl groups excluding tert-OH is 1. The summed E-state index contributed by atoms with van der Waals surface area (Å²) in [4.78, 5) is 2.20. The summed E-state index contributed by atoms with van der Waals surface area (Å²) in [7, 11) is 0. The fourth-order valence-corrected chi connectivity index (χ4v) is 2.49. The van der Waals surface area contributed by atoms with Gasteiger partial charge < -0.3 is 15.3 Å². The fourth-order valence-electron chi connectivity index (χ4n) is 2.49. The number of hydrogen-bond donors (Lipinski definition) is 2. The van der Waals surface area contributed by atoms with Crippen molar-refractivity contribution < 1.29 is 5.11 Å².